The summed E-state index contributed by atoms with van der Waals surface area (Å²) in [6.07, 6.45) is 0.139. The number of hydrogen-bond acceptors (Lipinski definition) is 6. The zero-order chi connectivity index (χ0) is 23.6. The molecule has 34 heavy (non-hydrogen) atoms. The lowest BCUT2D eigenvalue weighted by Crippen LogP contribution is -2.51. The van der Waals surface area contributed by atoms with E-state index in [2.05, 4.69) is 9.80 Å². The molecule has 184 valence electrons. The number of aliphatic hydroxyl groups is 1. The van der Waals surface area contributed by atoms with Gasteiger partial charge < -0.3 is 19.5 Å². The van der Waals surface area contributed by atoms with Crippen molar-refractivity contribution in [2.45, 2.75) is 18.6 Å². The van der Waals surface area contributed by atoms with E-state index in [-0.39, 0.29) is 12.0 Å². The molecular formula is C27H37N3O4. The van der Waals surface area contributed by atoms with Crippen molar-refractivity contribution in [3.05, 3.63) is 71.8 Å². The van der Waals surface area contributed by atoms with Crippen LogP contribution in [0, 0.1) is 0 Å². The maximum Gasteiger partial charge on any atom is 0.253 e. The largest absolute Gasteiger partial charge is 0.391 e. The highest BCUT2D eigenvalue weighted by atomic mass is 16.5. The first kappa shape index (κ1) is 24.8. The van der Waals surface area contributed by atoms with Crippen LogP contribution in [0.25, 0.3) is 0 Å². The van der Waals surface area contributed by atoms with Crippen molar-refractivity contribution in [1.29, 1.82) is 0 Å². The summed E-state index contributed by atoms with van der Waals surface area (Å²) >= 11 is 0. The third-order valence-corrected chi connectivity index (χ3v) is 6.53. The molecule has 2 aromatic rings. The van der Waals surface area contributed by atoms with Crippen LogP contribution in [-0.2, 0) is 15.9 Å². The molecule has 0 radical (unpaired) electrons. The molecule has 0 aliphatic carbocycles. The van der Waals surface area contributed by atoms with E-state index in [1.165, 1.54) is 0 Å². The summed E-state index contributed by atoms with van der Waals surface area (Å²) < 4.78 is 11.5. The first-order valence-corrected chi connectivity index (χ1v) is 12.4. The summed E-state index contributed by atoms with van der Waals surface area (Å²) in [5, 5.41) is 10.6. The van der Waals surface area contributed by atoms with Gasteiger partial charge in [0.15, 0.2) is 0 Å². The van der Waals surface area contributed by atoms with Crippen molar-refractivity contribution >= 4 is 5.91 Å². The van der Waals surface area contributed by atoms with Gasteiger partial charge in [-0.15, -0.1) is 0 Å². The van der Waals surface area contributed by atoms with Gasteiger partial charge in [-0.1, -0.05) is 48.5 Å². The number of nitrogens with zero attached hydrogens (tertiary/aromatic N) is 3. The molecule has 2 atom stereocenters. The van der Waals surface area contributed by atoms with Crippen LogP contribution in [0.4, 0.5) is 0 Å². The van der Waals surface area contributed by atoms with Gasteiger partial charge in [0.2, 0.25) is 0 Å². The fourth-order valence-corrected chi connectivity index (χ4v) is 4.68. The normalized spacial score (nSPS) is 20.7. The minimum Gasteiger partial charge on any atom is -0.391 e. The molecule has 2 aliphatic heterocycles. The number of hydrogen-bond donors (Lipinski definition) is 1. The molecule has 2 saturated heterocycles. The highest BCUT2D eigenvalue weighted by Gasteiger charge is 2.27. The second-order valence-corrected chi connectivity index (χ2v) is 9.17. The monoisotopic (exact) mass is 467 g/mol. The van der Waals surface area contributed by atoms with Crippen LogP contribution >= 0.6 is 0 Å². The molecule has 0 bridgehead atoms. The highest BCUT2D eigenvalue weighted by molar-refractivity contribution is 5.94. The number of carbonyl (C=O) groups is 1. The zero-order valence-electron chi connectivity index (χ0n) is 19.9. The molecular weight excluding hydrogens is 430 g/mol. The van der Waals surface area contributed by atoms with Gasteiger partial charge in [0.05, 0.1) is 32.0 Å². The molecule has 0 saturated carbocycles. The first-order valence-electron chi connectivity index (χ1n) is 12.4. The van der Waals surface area contributed by atoms with E-state index in [0.29, 0.717) is 44.8 Å². The smallest absolute Gasteiger partial charge is 0.253 e. The summed E-state index contributed by atoms with van der Waals surface area (Å²) in [4.78, 5) is 19.9. The van der Waals surface area contributed by atoms with Crippen LogP contribution in [0.5, 0.6) is 0 Å². The van der Waals surface area contributed by atoms with E-state index in [1.54, 1.807) is 0 Å². The van der Waals surface area contributed by atoms with Crippen LogP contribution in [-0.4, -0.2) is 110 Å². The van der Waals surface area contributed by atoms with Gasteiger partial charge in [0, 0.05) is 57.9 Å². The Morgan fingerprint density at radius 3 is 2.38 bits per heavy atom. The maximum absolute atomic E-state index is 13.3. The molecule has 2 fully saturated rings. The Hall–Kier alpha value is -2.29. The molecule has 2 aliphatic rings. The molecule has 2 heterocycles. The van der Waals surface area contributed by atoms with E-state index >= 15 is 0 Å². The third-order valence-electron chi connectivity index (χ3n) is 6.53. The standard InChI is InChI=1S/C27H37N3O4/c31-25(19-23-7-3-1-4-8-23)20-29-15-18-34-26(21-29)22-30(12-11-28-13-16-33-17-14-28)27(32)24-9-5-2-6-10-24/h1-10,25-26,31H,11-22H2/t25-,26-/m1/s1. The Morgan fingerprint density at radius 2 is 1.65 bits per heavy atom. The van der Waals surface area contributed by atoms with Crippen LogP contribution in [0.1, 0.15) is 15.9 Å². The quantitative estimate of drug-likeness (QED) is 0.575. The molecule has 7 nitrogen and oxygen atoms in total. The van der Waals surface area contributed by atoms with Gasteiger partial charge in [-0.25, -0.2) is 0 Å². The lowest BCUT2D eigenvalue weighted by molar-refractivity contribution is -0.0513. The molecule has 0 aromatic heterocycles. The van der Waals surface area contributed by atoms with Gasteiger partial charge in [-0.2, -0.15) is 0 Å². The first-order chi connectivity index (χ1) is 16.7. The predicted octanol–water partition coefficient (Wildman–Crippen LogP) is 1.77. The number of carbonyl (C=O) groups excluding carboxylic acids is 1. The van der Waals surface area contributed by atoms with Crippen LogP contribution in [0.3, 0.4) is 0 Å². The molecule has 4 rings (SSSR count). The Balaban J connectivity index is 1.33. The fraction of sp³-hybridized carbons (Fsp3) is 0.519. The third kappa shape index (κ3) is 7.61. The second kappa shape index (κ2) is 13.0. The van der Waals surface area contributed by atoms with Crippen LogP contribution in [0.15, 0.2) is 60.7 Å². The number of β-amino-alcohol motifs (C(OH)–C–C–N with tert-alkyl or cyclic N) is 1. The summed E-state index contributed by atoms with van der Waals surface area (Å²) in [6.45, 7) is 8.05. The van der Waals surface area contributed by atoms with E-state index in [1.807, 2.05) is 65.6 Å². The van der Waals surface area contributed by atoms with Crippen molar-refractivity contribution in [2.75, 3.05) is 72.2 Å². The minimum atomic E-state index is -0.426. The van der Waals surface area contributed by atoms with Gasteiger partial charge in [-0.3, -0.25) is 14.6 Å². The molecule has 1 amide bonds. The molecule has 1 N–H and O–H groups in total. The zero-order valence-corrected chi connectivity index (χ0v) is 19.9. The summed E-state index contributed by atoms with van der Waals surface area (Å²) in [7, 11) is 0. The SMILES string of the molecule is O=C(c1ccccc1)N(CCN1CCOCC1)C[C@H]1CN(C[C@H](O)Cc2ccccc2)CCO1. The average molecular weight is 468 g/mol. The minimum absolute atomic E-state index is 0.0405. The van der Waals surface area contributed by atoms with Gasteiger partial charge >= 0.3 is 0 Å². The summed E-state index contributed by atoms with van der Waals surface area (Å²) in [6, 6.07) is 19.6. The van der Waals surface area contributed by atoms with E-state index in [4.69, 9.17) is 9.47 Å². The topological polar surface area (TPSA) is 65.5 Å². The average Bonchev–Trinajstić information content (AvgIpc) is 2.88. The summed E-state index contributed by atoms with van der Waals surface area (Å²) in [5.41, 5.74) is 1.85. The Labute approximate surface area is 202 Å². The molecule has 0 unspecified atom stereocenters. The van der Waals surface area contributed by atoms with Gasteiger partial charge in [-0.05, 0) is 24.1 Å². The Kier molecular flexibility index (Phi) is 9.47. The predicted molar refractivity (Wildman–Crippen MR) is 132 cm³/mol. The number of aliphatic hydroxyl groups excluding tert-OH is 1. The van der Waals surface area contributed by atoms with E-state index in [9.17, 15) is 9.90 Å². The van der Waals surface area contributed by atoms with Crippen LogP contribution < -0.4 is 0 Å². The van der Waals surface area contributed by atoms with Crippen LogP contribution in [0.2, 0.25) is 0 Å². The lowest BCUT2D eigenvalue weighted by Gasteiger charge is -2.37. The molecule has 7 heteroatoms. The van der Waals surface area contributed by atoms with E-state index in [0.717, 1.165) is 45.0 Å². The highest BCUT2D eigenvalue weighted by Crippen LogP contribution is 2.13. The number of ether oxygens (including phenoxy) is 2. The molecule has 2 aromatic carbocycles. The maximum atomic E-state index is 13.3. The Morgan fingerprint density at radius 1 is 0.971 bits per heavy atom. The number of rotatable bonds is 10. The van der Waals surface area contributed by atoms with Crippen molar-refractivity contribution in [3.63, 3.8) is 0 Å². The van der Waals surface area contributed by atoms with Crippen molar-refractivity contribution < 1.29 is 19.4 Å². The van der Waals surface area contributed by atoms with Crippen molar-refractivity contribution in [2.24, 2.45) is 0 Å². The van der Waals surface area contributed by atoms with Gasteiger partial charge in [0.25, 0.3) is 5.91 Å². The molecule has 0 spiro atoms. The fourth-order valence-electron chi connectivity index (χ4n) is 4.68. The Bertz CT molecular complexity index is 861. The second-order valence-electron chi connectivity index (χ2n) is 9.17. The number of amides is 1. The van der Waals surface area contributed by atoms with E-state index < -0.39 is 6.10 Å². The van der Waals surface area contributed by atoms with Crippen molar-refractivity contribution in [3.8, 4) is 0 Å². The van der Waals surface area contributed by atoms with Crippen molar-refractivity contribution in [1.82, 2.24) is 14.7 Å². The number of morpholine rings is 2. The summed E-state index contributed by atoms with van der Waals surface area (Å²) in [5.74, 6) is 0.0405. The van der Waals surface area contributed by atoms with Gasteiger partial charge in [0.1, 0.15) is 0 Å². The number of benzene rings is 2. The lowest BCUT2D eigenvalue weighted by atomic mass is 10.1.